The van der Waals surface area contributed by atoms with Crippen LogP contribution >= 0.6 is 0 Å². The van der Waals surface area contributed by atoms with Gasteiger partial charge in [-0.3, -0.25) is 15.0 Å². The minimum absolute atomic E-state index is 0.0380. The van der Waals surface area contributed by atoms with Crippen molar-refractivity contribution in [3.05, 3.63) is 39.9 Å². The molecule has 1 aliphatic heterocycles. The molecule has 0 radical (unpaired) electrons. The number of aliphatic hydroxyl groups excluding tert-OH is 3. The zero-order chi connectivity index (χ0) is 14.7. The Hall–Kier alpha value is -1.54. The van der Waals surface area contributed by atoms with Crippen molar-refractivity contribution in [3.63, 3.8) is 0 Å². The van der Waals surface area contributed by atoms with Gasteiger partial charge in [-0.25, -0.2) is 0 Å². The van der Waals surface area contributed by atoms with Crippen LogP contribution in [-0.4, -0.2) is 57.0 Å². The maximum Gasteiger partial charge on any atom is 0.269 e. The minimum Gasteiger partial charge on any atom is -0.396 e. The first kappa shape index (κ1) is 14.9. The van der Waals surface area contributed by atoms with Gasteiger partial charge >= 0.3 is 0 Å². The van der Waals surface area contributed by atoms with Crippen LogP contribution in [0, 0.1) is 16.0 Å². The molecule has 1 aliphatic rings. The highest BCUT2D eigenvalue weighted by Gasteiger charge is 2.34. The van der Waals surface area contributed by atoms with Gasteiger partial charge in [0, 0.05) is 44.3 Å². The smallest absolute Gasteiger partial charge is 0.269 e. The molecule has 0 spiro atoms. The van der Waals surface area contributed by atoms with E-state index in [1.165, 1.54) is 12.1 Å². The Morgan fingerprint density at radius 2 is 1.90 bits per heavy atom. The zero-order valence-corrected chi connectivity index (χ0v) is 10.9. The maximum atomic E-state index is 10.6. The molecule has 7 heteroatoms. The summed E-state index contributed by atoms with van der Waals surface area (Å²) in [6, 6.07) is 6.22. The number of non-ortho nitro benzene ring substituents is 1. The summed E-state index contributed by atoms with van der Waals surface area (Å²) in [5, 5.41) is 39.2. The normalized spacial score (nSPS) is 27.4. The molecule has 0 aliphatic carbocycles. The fourth-order valence-electron chi connectivity index (χ4n) is 2.48. The lowest BCUT2D eigenvalue weighted by molar-refractivity contribution is -0.384. The largest absolute Gasteiger partial charge is 0.396 e. The number of benzene rings is 1. The molecule has 0 saturated carbocycles. The predicted molar refractivity (Wildman–Crippen MR) is 71.0 cm³/mol. The van der Waals surface area contributed by atoms with Gasteiger partial charge in [0.25, 0.3) is 5.69 Å². The van der Waals surface area contributed by atoms with Crippen molar-refractivity contribution >= 4 is 5.69 Å². The van der Waals surface area contributed by atoms with Crippen molar-refractivity contribution in [2.24, 2.45) is 5.92 Å². The van der Waals surface area contributed by atoms with E-state index in [4.69, 9.17) is 0 Å². The second kappa shape index (κ2) is 6.27. The number of piperidine rings is 1. The predicted octanol–water partition coefficient (Wildman–Crippen LogP) is -0.259. The summed E-state index contributed by atoms with van der Waals surface area (Å²) in [5.41, 5.74) is 0.923. The highest BCUT2D eigenvalue weighted by atomic mass is 16.6. The molecule has 0 bridgehead atoms. The van der Waals surface area contributed by atoms with Gasteiger partial charge in [0.1, 0.15) is 0 Å². The third-order valence-electron chi connectivity index (χ3n) is 3.60. The number of hydrogen-bond acceptors (Lipinski definition) is 6. The lowest BCUT2D eigenvalue weighted by Crippen LogP contribution is -2.53. The molecule has 3 N–H and O–H groups in total. The van der Waals surface area contributed by atoms with Crippen molar-refractivity contribution < 1.29 is 20.2 Å². The molecule has 7 nitrogen and oxygen atoms in total. The SMILES string of the molecule is O=[N+]([O-])c1ccc(CN2CC(O)C(O)C(CO)C2)cc1. The third kappa shape index (κ3) is 3.31. The number of nitrogens with zero attached hydrogens (tertiary/aromatic N) is 2. The van der Waals surface area contributed by atoms with Gasteiger partial charge in [-0.1, -0.05) is 12.1 Å². The molecule has 1 aromatic rings. The minimum atomic E-state index is -0.909. The fourth-order valence-corrected chi connectivity index (χ4v) is 2.48. The molecular weight excluding hydrogens is 264 g/mol. The Morgan fingerprint density at radius 3 is 2.45 bits per heavy atom. The third-order valence-corrected chi connectivity index (χ3v) is 3.60. The Balaban J connectivity index is 2.00. The number of β-amino-alcohol motifs (C(OH)–C–C–N with tert-alkyl or cyclic N) is 1. The van der Waals surface area contributed by atoms with E-state index in [-0.39, 0.29) is 18.2 Å². The van der Waals surface area contributed by atoms with Crippen LogP contribution in [0.25, 0.3) is 0 Å². The van der Waals surface area contributed by atoms with Crippen molar-refractivity contribution in [1.29, 1.82) is 0 Å². The van der Waals surface area contributed by atoms with Gasteiger partial charge in [0.2, 0.25) is 0 Å². The molecule has 0 aromatic heterocycles. The molecule has 20 heavy (non-hydrogen) atoms. The fraction of sp³-hybridized carbons (Fsp3) is 0.538. The van der Waals surface area contributed by atoms with E-state index in [0.717, 1.165) is 5.56 Å². The lowest BCUT2D eigenvalue weighted by Gasteiger charge is -2.38. The van der Waals surface area contributed by atoms with Crippen LogP contribution in [0.15, 0.2) is 24.3 Å². The summed E-state index contributed by atoms with van der Waals surface area (Å²) in [4.78, 5) is 12.0. The second-order valence-electron chi connectivity index (χ2n) is 5.12. The molecule has 110 valence electrons. The summed E-state index contributed by atoms with van der Waals surface area (Å²) in [7, 11) is 0. The van der Waals surface area contributed by atoms with Crippen LogP contribution in [0.2, 0.25) is 0 Å². The molecule has 1 aromatic carbocycles. The number of likely N-dealkylation sites (tertiary alicyclic amines) is 1. The Kier molecular flexibility index (Phi) is 4.66. The summed E-state index contributed by atoms with van der Waals surface area (Å²) < 4.78 is 0. The maximum absolute atomic E-state index is 10.6. The topological polar surface area (TPSA) is 107 Å². The van der Waals surface area contributed by atoms with Gasteiger partial charge in [-0.15, -0.1) is 0 Å². The second-order valence-corrected chi connectivity index (χ2v) is 5.12. The molecule has 1 saturated heterocycles. The molecule has 0 amide bonds. The molecule has 3 atom stereocenters. The first-order chi connectivity index (χ1) is 9.51. The quantitative estimate of drug-likeness (QED) is 0.519. The standard InChI is InChI=1S/C13H18N2O5/c16-8-10-6-14(7-12(17)13(10)18)5-9-1-3-11(4-2-9)15(19)20/h1-4,10,12-13,16-18H,5-8H2. The Morgan fingerprint density at radius 1 is 1.25 bits per heavy atom. The number of aliphatic hydroxyl groups is 3. The van der Waals surface area contributed by atoms with Crippen LogP contribution < -0.4 is 0 Å². The van der Waals surface area contributed by atoms with E-state index in [9.17, 15) is 25.4 Å². The molecule has 3 unspecified atom stereocenters. The Labute approximate surface area is 116 Å². The monoisotopic (exact) mass is 282 g/mol. The van der Waals surface area contributed by atoms with Crippen molar-refractivity contribution in [2.45, 2.75) is 18.8 Å². The number of rotatable bonds is 4. The van der Waals surface area contributed by atoms with E-state index in [0.29, 0.717) is 19.6 Å². The van der Waals surface area contributed by atoms with Crippen LogP contribution in [0.4, 0.5) is 5.69 Å². The molecule has 1 fully saturated rings. The van der Waals surface area contributed by atoms with Crippen molar-refractivity contribution in [3.8, 4) is 0 Å². The van der Waals surface area contributed by atoms with Crippen molar-refractivity contribution in [1.82, 2.24) is 4.90 Å². The van der Waals surface area contributed by atoms with Crippen molar-refractivity contribution in [2.75, 3.05) is 19.7 Å². The van der Waals surface area contributed by atoms with E-state index in [2.05, 4.69) is 0 Å². The average molecular weight is 282 g/mol. The summed E-state index contributed by atoms with van der Waals surface area (Å²) >= 11 is 0. The highest BCUT2D eigenvalue weighted by Crippen LogP contribution is 2.20. The number of nitro benzene ring substituents is 1. The zero-order valence-electron chi connectivity index (χ0n) is 10.9. The number of nitro groups is 1. The summed E-state index contributed by atoms with van der Waals surface area (Å²) in [6.45, 7) is 1.12. The van der Waals surface area contributed by atoms with Crippen LogP contribution in [0.1, 0.15) is 5.56 Å². The van der Waals surface area contributed by atoms with E-state index >= 15 is 0 Å². The first-order valence-corrected chi connectivity index (χ1v) is 6.44. The number of hydrogen-bond donors (Lipinski definition) is 3. The average Bonchev–Trinajstić information content (AvgIpc) is 2.43. The van der Waals surface area contributed by atoms with Crippen LogP contribution in [0.5, 0.6) is 0 Å². The highest BCUT2D eigenvalue weighted by molar-refractivity contribution is 5.32. The van der Waals surface area contributed by atoms with Gasteiger partial charge in [-0.2, -0.15) is 0 Å². The van der Waals surface area contributed by atoms with E-state index in [1.807, 2.05) is 4.90 Å². The van der Waals surface area contributed by atoms with Gasteiger partial charge < -0.3 is 15.3 Å². The summed E-state index contributed by atoms with van der Waals surface area (Å²) in [5.74, 6) is -0.378. The summed E-state index contributed by atoms with van der Waals surface area (Å²) in [6.07, 6.45) is -1.80. The molecule has 2 rings (SSSR count). The van der Waals surface area contributed by atoms with Crippen LogP contribution in [-0.2, 0) is 6.54 Å². The van der Waals surface area contributed by atoms with E-state index < -0.39 is 17.1 Å². The Bertz CT molecular complexity index is 464. The van der Waals surface area contributed by atoms with Gasteiger partial charge in [-0.05, 0) is 5.56 Å². The first-order valence-electron chi connectivity index (χ1n) is 6.44. The lowest BCUT2D eigenvalue weighted by atomic mass is 9.93. The molecular formula is C13H18N2O5. The van der Waals surface area contributed by atoms with Gasteiger partial charge in [0.15, 0.2) is 0 Å². The molecule has 1 heterocycles. The van der Waals surface area contributed by atoms with Gasteiger partial charge in [0.05, 0.1) is 17.1 Å². The van der Waals surface area contributed by atoms with Crippen LogP contribution in [0.3, 0.4) is 0 Å². The van der Waals surface area contributed by atoms with E-state index in [1.54, 1.807) is 12.1 Å².